The Morgan fingerprint density at radius 3 is 2.35 bits per heavy atom. The Morgan fingerprint density at radius 2 is 1.71 bits per heavy atom. The van der Waals surface area contributed by atoms with Crippen LogP contribution in [0.3, 0.4) is 0 Å². The summed E-state index contributed by atoms with van der Waals surface area (Å²) in [5.41, 5.74) is 7.22. The number of hydrogen-bond donors (Lipinski definition) is 3. The first-order chi connectivity index (χ1) is 23.2. The van der Waals surface area contributed by atoms with Crippen molar-refractivity contribution in [2.45, 2.75) is 90.9 Å². The van der Waals surface area contributed by atoms with Crippen molar-refractivity contribution in [3.8, 4) is 5.75 Å². The molecule has 12 heteroatoms. The average Bonchev–Trinajstić information content (AvgIpc) is 3.86. The molecular formula is C37H48ClN3O8. The van der Waals surface area contributed by atoms with Gasteiger partial charge in [-0.2, -0.15) is 0 Å². The predicted octanol–water partition coefficient (Wildman–Crippen LogP) is 4.58. The standard InChI is InChI=1S/C37H48ClN3O8/c1-21(2)16-30-35(44)47-28(22(3)32-33(49-32)25-13-10-23(19-39)11-14-25)8-7-9-31(42)41-27(18-24-12-15-29(46-6)26(38)17-24)34(43)40-20-37(4,5)36(45)48-30/h7,9-15,17,21-22,27-28,30,32-33H,8,16,18-20,39H2,1-6H3,(H,40,43)(H,41,42). The fourth-order valence-corrected chi connectivity index (χ4v) is 5.95. The van der Waals surface area contributed by atoms with Crippen LogP contribution in [0.4, 0.5) is 0 Å². The minimum Gasteiger partial charge on any atom is -0.495 e. The maximum atomic E-state index is 13.6. The lowest BCUT2D eigenvalue weighted by Gasteiger charge is -2.29. The maximum Gasteiger partial charge on any atom is 0.347 e. The second-order valence-electron chi connectivity index (χ2n) is 13.8. The van der Waals surface area contributed by atoms with E-state index in [0.717, 1.165) is 11.1 Å². The molecule has 0 radical (unpaired) electrons. The number of ether oxygens (including phenoxy) is 4. The summed E-state index contributed by atoms with van der Waals surface area (Å²) in [7, 11) is 1.50. The zero-order valence-electron chi connectivity index (χ0n) is 29.0. The molecule has 2 heterocycles. The third kappa shape index (κ3) is 10.3. The Hall–Kier alpha value is -3.93. The van der Waals surface area contributed by atoms with E-state index in [0.29, 0.717) is 22.9 Å². The van der Waals surface area contributed by atoms with E-state index in [-0.39, 0.29) is 49.9 Å². The Kier molecular flexibility index (Phi) is 12.9. The molecule has 49 heavy (non-hydrogen) atoms. The number of cyclic esters (lactones) is 2. The van der Waals surface area contributed by atoms with Crippen LogP contribution in [-0.2, 0) is 46.4 Å². The van der Waals surface area contributed by atoms with Crippen LogP contribution in [0.2, 0.25) is 5.02 Å². The summed E-state index contributed by atoms with van der Waals surface area (Å²) in [6.07, 6.45) is 1.18. The highest BCUT2D eigenvalue weighted by atomic mass is 35.5. The number of nitrogens with one attached hydrogen (secondary N) is 2. The Balaban J connectivity index is 1.60. The zero-order chi connectivity index (χ0) is 35.9. The first-order valence-electron chi connectivity index (χ1n) is 16.7. The van der Waals surface area contributed by atoms with Crippen LogP contribution < -0.4 is 21.1 Å². The Bertz CT molecular complexity index is 1530. The minimum atomic E-state index is -1.21. The zero-order valence-corrected chi connectivity index (χ0v) is 29.8. The van der Waals surface area contributed by atoms with E-state index >= 15 is 0 Å². The van der Waals surface area contributed by atoms with Crippen molar-refractivity contribution >= 4 is 35.4 Å². The fourth-order valence-electron chi connectivity index (χ4n) is 5.67. The van der Waals surface area contributed by atoms with Crippen molar-refractivity contribution < 1.29 is 38.1 Å². The largest absolute Gasteiger partial charge is 0.495 e. The molecule has 2 aromatic rings. The average molecular weight is 698 g/mol. The number of benzene rings is 2. The summed E-state index contributed by atoms with van der Waals surface area (Å²) in [6.45, 7) is 9.33. The number of carbonyl (C=O) groups excluding carboxylic acids is 4. The highest BCUT2D eigenvalue weighted by Gasteiger charge is 2.48. The molecule has 6 unspecified atom stereocenters. The molecule has 0 spiro atoms. The Labute approximate surface area is 293 Å². The van der Waals surface area contributed by atoms with Gasteiger partial charge in [0, 0.05) is 31.8 Å². The van der Waals surface area contributed by atoms with Gasteiger partial charge in [-0.05, 0) is 61.1 Å². The monoisotopic (exact) mass is 697 g/mol. The van der Waals surface area contributed by atoms with Crippen molar-refractivity contribution in [2.24, 2.45) is 23.0 Å². The second kappa shape index (κ2) is 16.7. The van der Waals surface area contributed by atoms with Gasteiger partial charge in [0.15, 0.2) is 6.10 Å². The lowest BCUT2D eigenvalue weighted by Crippen LogP contribution is -2.51. The quantitative estimate of drug-likeness (QED) is 0.252. The third-order valence-corrected chi connectivity index (χ3v) is 9.12. The summed E-state index contributed by atoms with van der Waals surface area (Å²) < 4.78 is 23.1. The van der Waals surface area contributed by atoms with Crippen LogP contribution in [0.25, 0.3) is 0 Å². The molecule has 11 nitrogen and oxygen atoms in total. The number of nitrogens with two attached hydrogens (primary N) is 1. The number of hydrogen-bond acceptors (Lipinski definition) is 9. The van der Waals surface area contributed by atoms with E-state index in [1.54, 1.807) is 38.1 Å². The molecule has 266 valence electrons. The molecule has 2 aromatic carbocycles. The number of carbonyl (C=O) groups is 4. The van der Waals surface area contributed by atoms with Crippen molar-refractivity contribution in [2.75, 3.05) is 13.7 Å². The van der Waals surface area contributed by atoms with Gasteiger partial charge in [0.25, 0.3) is 0 Å². The van der Waals surface area contributed by atoms with Crippen molar-refractivity contribution in [3.05, 3.63) is 76.3 Å². The first kappa shape index (κ1) is 37.9. The SMILES string of the molecule is COc1ccc(CC2NC(=O)C=CCC(C(C)C3OC3c3ccc(CN)cc3)OC(=O)C(CC(C)C)OC(=O)C(C)(C)CNC2=O)cc1Cl. The van der Waals surface area contributed by atoms with E-state index < -0.39 is 47.4 Å². The highest BCUT2D eigenvalue weighted by molar-refractivity contribution is 6.32. The van der Waals surface area contributed by atoms with E-state index in [1.807, 2.05) is 45.0 Å². The number of esters is 2. The molecular weight excluding hydrogens is 650 g/mol. The summed E-state index contributed by atoms with van der Waals surface area (Å²) in [6, 6.07) is 12.0. The lowest BCUT2D eigenvalue weighted by atomic mass is 9.92. The number of epoxide rings is 1. The van der Waals surface area contributed by atoms with E-state index in [2.05, 4.69) is 10.6 Å². The van der Waals surface area contributed by atoms with Gasteiger partial charge in [-0.3, -0.25) is 14.4 Å². The number of amides is 2. The van der Waals surface area contributed by atoms with Crippen molar-refractivity contribution in [1.82, 2.24) is 10.6 Å². The molecule has 2 amide bonds. The normalized spacial score (nSPS) is 25.5. The second-order valence-corrected chi connectivity index (χ2v) is 14.2. The van der Waals surface area contributed by atoms with Crippen LogP contribution >= 0.6 is 11.6 Å². The number of halogens is 1. The molecule has 0 saturated carbocycles. The summed E-state index contributed by atoms with van der Waals surface area (Å²) in [5, 5.41) is 5.91. The van der Waals surface area contributed by atoms with E-state index in [4.69, 9.17) is 36.3 Å². The molecule has 2 aliphatic rings. The van der Waals surface area contributed by atoms with Crippen LogP contribution in [-0.4, -0.2) is 61.8 Å². The molecule has 0 bridgehead atoms. The predicted molar refractivity (Wildman–Crippen MR) is 185 cm³/mol. The van der Waals surface area contributed by atoms with Crippen molar-refractivity contribution in [1.29, 1.82) is 0 Å². The van der Waals surface area contributed by atoms with E-state index in [9.17, 15) is 19.2 Å². The van der Waals surface area contributed by atoms with Crippen LogP contribution in [0.1, 0.15) is 70.3 Å². The van der Waals surface area contributed by atoms with Crippen LogP contribution in [0.5, 0.6) is 5.75 Å². The fraction of sp³-hybridized carbons (Fsp3) is 0.514. The first-order valence-corrected chi connectivity index (χ1v) is 17.0. The van der Waals surface area contributed by atoms with Gasteiger partial charge in [-0.25, -0.2) is 4.79 Å². The minimum absolute atomic E-state index is 0.0121. The van der Waals surface area contributed by atoms with Gasteiger partial charge in [-0.15, -0.1) is 0 Å². The molecule has 0 aromatic heterocycles. The summed E-state index contributed by atoms with van der Waals surface area (Å²) >= 11 is 6.32. The van der Waals surface area contributed by atoms with E-state index in [1.165, 1.54) is 13.2 Å². The Morgan fingerprint density at radius 1 is 1.02 bits per heavy atom. The van der Waals surface area contributed by atoms with Gasteiger partial charge in [-0.1, -0.05) is 68.8 Å². The maximum absolute atomic E-state index is 13.6. The van der Waals surface area contributed by atoms with Gasteiger partial charge < -0.3 is 35.3 Å². The van der Waals surface area contributed by atoms with Gasteiger partial charge in [0.2, 0.25) is 11.8 Å². The molecule has 1 saturated heterocycles. The lowest BCUT2D eigenvalue weighted by molar-refractivity contribution is -0.179. The van der Waals surface area contributed by atoms with Gasteiger partial charge in [0.1, 0.15) is 24.0 Å². The topological polar surface area (TPSA) is 159 Å². The molecule has 4 rings (SSSR count). The molecule has 6 atom stereocenters. The van der Waals surface area contributed by atoms with Crippen LogP contribution in [0.15, 0.2) is 54.6 Å². The summed E-state index contributed by atoms with van der Waals surface area (Å²) in [5.74, 6) is -2.14. The van der Waals surface area contributed by atoms with Crippen LogP contribution in [0, 0.1) is 17.3 Å². The number of rotatable bonds is 9. The van der Waals surface area contributed by atoms with Gasteiger partial charge in [0.05, 0.1) is 23.7 Å². The highest BCUT2D eigenvalue weighted by Crippen LogP contribution is 2.45. The third-order valence-electron chi connectivity index (χ3n) is 8.82. The molecule has 2 aliphatic heterocycles. The molecule has 0 aliphatic carbocycles. The van der Waals surface area contributed by atoms with Crippen molar-refractivity contribution in [3.63, 3.8) is 0 Å². The molecule has 4 N–H and O–H groups in total. The summed E-state index contributed by atoms with van der Waals surface area (Å²) in [4.78, 5) is 53.7. The number of methoxy groups -OCH3 is 1. The van der Waals surface area contributed by atoms with Gasteiger partial charge >= 0.3 is 11.9 Å². The molecule has 1 fully saturated rings. The smallest absolute Gasteiger partial charge is 0.347 e.